The molecule has 0 aliphatic carbocycles. The summed E-state index contributed by atoms with van der Waals surface area (Å²) < 4.78 is 60.0. The van der Waals surface area contributed by atoms with Gasteiger partial charge in [0.05, 0.1) is 31.4 Å². The van der Waals surface area contributed by atoms with Gasteiger partial charge in [-0.2, -0.15) is 18.3 Å². The van der Waals surface area contributed by atoms with Gasteiger partial charge in [-0.3, -0.25) is 14.4 Å². The van der Waals surface area contributed by atoms with Gasteiger partial charge in [0.25, 0.3) is 0 Å². The molecule has 4 aliphatic rings. The highest BCUT2D eigenvalue weighted by molar-refractivity contribution is 7.12. The summed E-state index contributed by atoms with van der Waals surface area (Å²) in [6.07, 6.45) is 2.82. The van der Waals surface area contributed by atoms with Crippen molar-refractivity contribution in [3.63, 3.8) is 0 Å². The van der Waals surface area contributed by atoms with E-state index in [9.17, 15) is 23.1 Å². The third-order valence-electron chi connectivity index (χ3n) is 8.60. The van der Waals surface area contributed by atoms with Gasteiger partial charge >= 0.3 is 12.1 Å². The number of hydrogen-bond acceptors (Lipinski definition) is 8. The molecule has 38 heavy (non-hydrogen) atoms. The van der Waals surface area contributed by atoms with Crippen LogP contribution in [0, 0.1) is 5.41 Å². The topological polar surface area (TPSA) is 86.1 Å². The highest BCUT2D eigenvalue weighted by atomic mass is 32.1. The molecule has 2 spiro atoms. The van der Waals surface area contributed by atoms with E-state index in [0.29, 0.717) is 95.0 Å². The zero-order valence-corrected chi connectivity index (χ0v) is 21.9. The first-order valence-corrected chi connectivity index (χ1v) is 14.0. The number of carbonyl (C=O) groups excluding carboxylic acids is 1. The Balaban J connectivity index is 1.08. The summed E-state index contributed by atoms with van der Waals surface area (Å²) >= 11 is 0.746. The molecule has 0 amide bonds. The van der Waals surface area contributed by atoms with Gasteiger partial charge in [0, 0.05) is 61.5 Å². The average molecular weight is 556 g/mol. The number of hydrogen-bond donors (Lipinski definition) is 1. The number of fused-ring (bicyclic) bond motifs is 2. The lowest BCUT2D eigenvalue weighted by atomic mass is 9.78. The van der Waals surface area contributed by atoms with Crippen LogP contribution in [0.2, 0.25) is 0 Å². The van der Waals surface area contributed by atoms with E-state index in [1.165, 1.54) is 0 Å². The zero-order valence-electron chi connectivity index (χ0n) is 21.1. The predicted octanol–water partition coefficient (Wildman–Crippen LogP) is 3.63. The first-order valence-electron chi connectivity index (χ1n) is 13.2. The van der Waals surface area contributed by atoms with Gasteiger partial charge in [0.15, 0.2) is 0 Å². The molecular formula is C26H32F3N3O5S. The molecule has 0 radical (unpaired) electrons. The largest absolute Gasteiger partial charge is 0.460 e. The molecule has 1 unspecified atom stereocenters. The number of nitrogens with zero attached hydrogens (tertiary/aromatic N) is 3. The Labute approximate surface area is 222 Å². The van der Waals surface area contributed by atoms with Gasteiger partial charge in [-0.1, -0.05) is 0 Å². The maximum atomic E-state index is 13.6. The number of halogens is 3. The van der Waals surface area contributed by atoms with Crippen molar-refractivity contribution in [1.29, 1.82) is 0 Å². The second-order valence-electron chi connectivity index (χ2n) is 10.9. The minimum atomic E-state index is -4.48. The Bertz CT molecular complexity index is 1180. The van der Waals surface area contributed by atoms with Gasteiger partial charge in [-0.05, 0) is 37.7 Å². The molecule has 208 valence electrons. The third-order valence-corrected chi connectivity index (χ3v) is 10.1. The first-order chi connectivity index (χ1) is 18.2. The van der Waals surface area contributed by atoms with E-state index < -0.39 is 28.7 Å². The summed E-state index contributed by atoms with van der Waals surface area (Å²) in [4.78, 5) is 14.7. The number of alkyl halides is 3. The number of carbonyl (C=O) groups is 1. The highest BCUT2D eigenvalue weighted by Crippen LogP contribution is 2.51. The van der Waals surface area contributed by atoms with E-state index in [4.69, 9.17) is 14.2 Å². The van der Waals surface area contributed by atoms with Crippen LogP contribution in [0.4, 0.5) is 13.2 Å². The molecule has 1 N–H and O–H groups in total. The lowest BCUT2D eigenvalue weighted by Gasteiger charge is -2.43. The van der Waals surface area contributed by atoms with Crippen molar-refractivity contribution in [2.24, 2.45) is 5.41 Å². The van der Waals surface area contributed by atoms with Gasteiger partial charge in [0.2, 0.25) is 0 Å². The maximum Gasteiger partial charge on any atom is 0.425 e. The van der Waals surface area contributed by atoms with Crippen LogP contribution in [0.25, 0.3) is 0 Å². The molecule has 12 heteroatoms. The summed E-state index contributed by atoms with van der Waals surface area (Å²) in [6, 6.07) is 0. The van der Waals surface area contributed by atoms with Crippen LogP contribution < -0.4 is 0 Å². The van der Waals surface area contributed by atoms with E-state index in [-0.39, 0.29) is 17.6 Å². The number of thiophene rings is 1. The van der Waals surface area contributed by atoms with Gasteiger partial charge in [-0.25, -0.2) is 0 Å². The van der Waals surface area contributed by atoms with Crippen LogP contribution in [0.15, 0.2) is 12.4 Å². The van der Waals surface area contributed by atoms with Crippen LogP contribution in [-0.2, 0) is 56.9 Å². The molecule has 3 fully saturated rings. The molecule has 1 atom stereocenters. The summed E-state index contributed by atoms with van der Waals surface area (Å²) in [6.45, 7) is 3.50. The fourth-order valence-corrected chi connectivity index (χ4v) is 7.98. The van der Waals surface area contributed by atoms with Gasteiger partial charge < -0.3 is 19.3 Å². The molecule has 0 saturated carbocycles. The molecule has 4 aliphatic heterocycles. The second-order valence-corrected chi connectivity index (χ2v) is 12.0. The van der Waals surface area contributed by atoms with Crippen molar-refractivity contribution in [2.45, 2.75) is 76.1 Å². The minimum Gasteiger partial charge on any atom is -0.460 e. The zero-order chi connectivity index (χ0) is 26.5. The Morgan fingerprint density at radius 3 is 2.63 bits per heavy atom. The average Bonchev–Trinajstić information content (AvgIpc) is 3.58. The SMILES string of the molecule is O=C1OC(Cn2cc(CN3CCC4(CC3)OCCc3c4sc(C(F)(F)F)c3CO)cn2)CC12CCOCC2. The van der Waals surface area contributed by atoms with Crippen molar-refractivity contribution < 1.29 is 37.3 Å². The molecular weight excluding hydrogens is 523 g/mol. The second kappa shape index (κ2) is 9.88. The van der Waals surface area contributed by atoms with E-state index in [0.717, 1.165) is 16.9 Å². The number of likely N-dealkylation sites (tertiary alicyclic amines) is 1. The molecule has 3 saturated heterocycles. The summed E-state index contributed by atoms with van der Waals surface area (Å²) in [5.74, 6) is -0.118. The van der Waals surface area contributed by atoms with Crippen molar-refractivity contribution in [3.8, 4) is 0 Å². The fourth-order valence-electron chi connectivity index (χ4n) is 6.55. The highest BCUT2D eigenvalue weighted by Gasteiger charge is 2.50. The number of piperidine rings is 1. The van der Waals surface area contributed by atoms with Crippen molar-refractivity contribution in [1.82, 2.24) is 14.7 Å². The Kier molecular flexibility index (Phi) is 6.83. The van der Waals surface area contributed by atoms with Crippen molar-refractivity contribution >= 4 is 17.3 Å². The number of aliphatic hydroxyl groups is 1. The summed E-state index contributed by atoms with van der Waals surface area (Å²) in [5, 5.41) is 14.2. The molecule has 2 aromatic rings. The van der Waals surface area contributed by atoms with Crippen molar-refractivity contribution in [2.75, 3.05) is 32.9 Å². The molecule has 6 heterocycles. The van der Waals surface area contributed by atoms with Gasteiger partial charge in [-0.15, -0.1) is 11.3 Å². The van der Waals surface area contributed by atoms with E-state index in [2.05, 4.69) is 10.00 Å². The standard InChI is InChI=1S/C26H32F3N3O5S/c27-26(28,29)22-20(16-33)19-1-8-36-25(21(19)38-22)2-6-31(7-3-25)13-17-12-30-32(14-17)15-18-11-24(23(34)37-18)4-9-35-10-5-24/h12,14,18,33H,1-11,13,15-16H2. The first kappa shape index (κ1) is 26.2. The van der Waals surface area contributed by atoms with Gasteiger partial charge in [0.1, 0.15) is 16.6 Å². The van der Waals surface area contributed by atoms with E-state index in [1.54, 1.807) is 0 Å². The minimum absolute atomic E-state index is 0.0192. The van der Waals surface area contributed by atoms with Crippen LogP contribution in [-0.4, -0.2) is 64.8 Å². The molecule has 6 rings (SSSR count). The third kappa shape index (κ3) is 4.68. The van der Waals surface area contributed by atoms with Crippen LogP contribution >= 0.6 is 11.3 Å². The number of aliphatic hydroxyl groups excluding tert-OH is 1. The van der Waals surface area contributed by atoms with Crippen LogP contribution in [0.1, 0.15) is 58.5 Å². The predicted molar refractivity (Wildman–Crippen MR) is 130 cm³/mol. The maximum absolute atomic E-state index is 13.6. The summed E-state index contributed by atoms with van der Waals surface area (Å²) in [7, 11) is 0. The fraction of sp³-hybridized carbons (Fsp3) is 0.692. The number of cyclic esters (lactones) is 1. The molecule has 2 aromatic heterocycles. The van der Waals surface area contributed by atoms with Crippen molar-refractivity contribution in [3.05, 3.63) is 38.8 Å². The quantitative estimate of drug-likeness (QED) is 0.564. The number of aromatic nitrogens is 2. The monoisotopic (exact) mass is 555 g/mol. The summed E-state index contributed by atoms with van der Waals surface area (Å²) in [5.41, 5.74) is 0.546. The van der Waals surface area contributed by atoms with E-state index >= 15 is 0 Å². The number of esters is 1. The Morgan fingerprint density at radius 1 is 1.16 bits per heavy atom. The van der Waals surface area contributed by atoms with E-state index in [1.807, 2.05) is 17.1 Å². The Morgan fingerprint density at radius 2 is 1.92 bits per heavy atom. The smallest absolute Gasteiger partial charge is 0.425 e. The normalized spacial score (nSPS) is 25.2. The molecule has 0 bridgehead atoms. The van der Waals surface area contributed by atoms with Crippen LogP contribution in [0.3, 0.4) is 0 Å². The number of rotatable bonds is 5. The number of ether oxygens (including phenoxy) is 3. The molecule has 8 nitrogen and oxygen atoms in total. The lowest BCUT2D eigenvalue weighted by molar-refractivity contribution is -0.152. The molecule has 0 aromatic carbocycles. The lowest BCUT2D eigenvalue weighted by Crippen LogP contribution is -2.45. The van der Waals surface area contributed by atoms with Crippen LogP contribution in [0.5, 0.6) is 0 Å². The Hall–Kier alpha value is -1.99.